The summed E-state index contributed by atoms with van der Waals surface area (Å²) in [6, 6.07) is 0.770. The van der Waals surface area contributed by atoms with Crippen molar-refractivity contribution in [2.45, 2.75) is 46.1 Å². The first kappa shape index (κ1) is 13.9. The highest BCUT2D eigenvalue weighted by Crippen LogP contribution is 2.36. The number of benzene rings is 1. The molecule has 0 radical (unpaired) electrons. The largest absolute Gasteiger partial charge is 0.496 e. The Morgan fingerprint density at radius 3 is 2.39 bits per heavy atom. The van der Waals surface area contributed by atoms with Gasteiger partial charge >= 0.3 is 0 Å². The van der Waals surface area contributed by atoms with E-state index in [2.05, 4.69) is 42.0 Å². The molecule has 3 heteroatoms. The van der Waals surface area contributed by atoms with Gasteiger partial charge in [-0.2, -0.15) is 0 Å². The van der Waals surface area contributed by atoms with E-state index < -0.39 is 0 Å². The Kier molecular flexibility index (Phi) is 4.33. The second kappa shape index (κ2) is 5.62. The maximum absolute atomic E-state index is 5.62. The van der Waals surface area contributed by atoms with Gasteiger partial charge in [-0.3, -0.25) is 0 Å². The summed E-state index contributed by atoms with van der Waals surface area (Å²) < 4.78 is 6.84. The third-order valence-corrected chi connectivity index (χ3v) is 5.07. The zero-order valence-electron chi connectivity index (χ0n) is 11.7. The Bertz CT molecular complexity index is 453. The molecule has 1 fully saturated rings. The summed E-state index contributed by atoms with van der Waals surface area (Å²) >= 11 is 3.70. The fourth-order valence-electron chi connectivity index (χ4n) is 2.41. The van der Waals surface area contributed by atoms with Gasteiger partial charge < -0.3 is 10.1 Å². The van der Waals surface area contributed by atoms with E-state index >= 15 is 0 Å². The molecule has 1 aromatic carbocycles. The van der Waals surface area contributed by atoms with Crippen LogP contribution >= 0.6 is 15.9 Å². The van der Waals surface area contributed by atoms with Gasteiger partial charge in [0.15, 0.2) is 0 Å². The average Bonchev–Trinajstić information content (AvgIpc) is 3.17. The maximum atomic E-state index is 5.62. The summed E-state index contributed by atoms with van der Waals surface area (Å²) in [5.74, 6) is 1.06. The molecule has 0 atom stereocenters. The van der Waals surface area contributed by atoms with Crippen molar-refractivity contribution < 1.29 is 4.74 Å². The van der Waals surface area contributed by atoms with E-state index in [0.717, 1.165) is 24.8 Å². The minimum absolute atomic E-state index is 0.770. The molecule has 2 nitrogen and oxygen atoms in total. The molecule has 1 aromatic rings. The van der Waals surface area contributed by atoms with E-state index in [0.29, 0.717) is 0 Å². The van der Waals surface area contributed by atoms with E-state index in [1.165, 1.54) is 39.6 Å². The van der Waals surface area contributed by atoms with Crippen molar-refractivity contribution in [3.8, 4) is 5.75 Å². The summed E-state index contributed by atoms with van der Waals surface area (Å²) in [6.45, 7) is 7.49. The van der Waals surface area contributed by atoms with Crippen LogP contribution in [0.1, 0.15) is 35.1 Å². The molecule has 100 valence electrons. The first-order valence-corrected chi connectivity index (χ1v) is 7.41. The van der Waals surface area contributed by atoms with E-state index in [1.807, 2.05) is 0 Å². The molecule has 0 bridgehead atoms. The molecule has 1 aliphatic rings. The van der Waals surface area contributed by atoms with Crippen LogP contribution in [0.3, 0.4) is 0 Å². The van der Waals surface area contributed by atoms with Gasteiger partial charge in [-0.1, -0.05) is 15.9 Å². The number of methoxy groups -OCH3 is 1. The van der Waals surface area contributed by atoms with Crippen molar-refractivity contribution in [1.82, 2.24) is 5.32 Å². The van der Waals surface area contributed by atoms with E-state index in [4.69, 9.17) is 4.74 Å². The summed E-state index contributed by atoms with van der Waals surface area (Å²) in [6.07, 6.45) is 3.71. The third kappa shape index (κ3) is 2.72. The summed E-state index contributed by atoms with van der Waals surface area (Å²) in [5.41, 5.74) is 5.17. The first-order chi connectivity index (χ1) is 8.56. The SMILES string of the molecule is COc1c(C)c(C)c(Br)c(C)c1CCNC1CC1. The van der Waals surface area contributed by atoms with E-state index in [9.17, 15) is 0 Å². The van der Waals surface area contributed by atoms with Gasteiger partial charge in [0.2, 0.25) is 0 Å². The molecule has 0 aliphatic heterocycles. The molecule has 0 unspecified atom stereocenters. The number of rotatable bonds is 5. The fraction of sp³-hybridized carbons (Fsp3) is 0.600. The van der Waals surface area contributed by atoms with Crippen LogP contribution < -0.4 is 10.1 Å². The van der Waals surface area contributed by atoms with E-state index in [1.54, 1.807) is 7.11 Å². The van der Waals surface area contributed by atoms with Crippen molar-refractivity contribution >= 4 is 15.9 Å². The Balaban J connectivity index is 2.24. The van der Waals surface area contributed by atoms with Crippen molar-refractivity contribution in [2.24, 2.45) is 0 Å². The Hall–Kier alpha value is -0.540. The van der Waals surface area contributed by atoms with E-state index in [-0.39, 0.29) is 0 Å². The quantitative estimate of drug-likeness (QED) is 0.895. The van der Waals surface area contributed by atoms with Crippen LogP contribution in [0.15, 0.2) is 4.47 Å². The predicted molar refractivity (Wildman–Crippen MR) is 79.6 cm³/mol. The molecule has 0 spiro atoms. The van der Waals surface area contributed by atoms with Gasteiger partial charge in [0.25, 0.3) is 0 Å². The highest BCUT2D eigenvalue weighted by atomic mass is 79.9. The lowest BCUT2D eigenvalue weighted by Gasteiger charge is -2.19. The monoisotopic (exact) mass is 311 g/mol. The lowest BCUT2D eigenvalue weighted by molar-refractivity contribution is 0.405. The lowest BCUT2D eigenvalue weighted by Crippen LogP contribution is -2.20. The second-order valence-corrected chi connectivity index (χ2v) is 5.97. The molecular weight excluding hydrogens is 290 g/mol. The summed E-state index contributed by atoms with van der Waals surface area (Å²) in [4.78, 5) is 0. The van der Waals surface area contributed by atoms with Crippen LogP contribution in [0.5, 0.6) is 5.75 Å². The molecule has 0 aromatic heterocycles. The molecule has 0 amide bonds. The topological polar surface area (TPSA) is 21.3 Å². The third-order valence-electron chi connectivity index (χ3n) is 3.88. The Morgan fingerprint density at radius 1 is 1.17 bits per heavy atom. The smallest absolute Gasteiger partial charge is 0.125 e. The molecule has 2 rings (SSSR count). The molecule has 0 heterocycles. The standard InChI is InChI=1S/C15H22BrNO/c1-9-10(2)15(18-4)13(11(3)14(9)16)7-8-17-12-5-6-12/h12,17H,5-8H2,1-4H3. The van der Waals surface area contributed by atoms with Crippen molar-refractivity contribution in [3.63, 3.8) is 0 Å². The van der Waals surface area contributed by atoms with Crippen LogP contribution in [0, 0.1) is 20.8 Å². The van der Waals surface area contributed by atoms with Crippen molar-refractivity contribution in [3.05, 3.63) is 26.7 Å². The second-order valence-electron chi connectivity index (χ2n) is 5.18. The maximum Gasteiger partial charge on any atom is 0.125 e. The molecular formula is C15H22BrNO. The Morgan fingerprint density at radius 2 is 1.83 bits per heavy atom. The van der Waals surface area contributed by atoms with Gasteiger partial charge in [-0.05, 0) is 68.8 Å². The Labute approximate surface area is 118 Å². The van der Waals surface area contributed by atoms with Crippen LogP contribution in [-0.2, 0) is 6.42 Å². The van der Waals surface area contributed by atoms with Crippen LogP contribution in [0.4, 0.5) is 0 Å². The van der Waals surface area contributed by atoms with Gasteiger partial charge in [-0.15, -0.1) is 0 Å². The highest BCUT2D eigenvalue weighted by molar-refractivity contribution is 9.10. The minimum atomic E-state index is 0.770. The molecule has 1 saturated carbocycles. The highest BCUT2D eigenvalue weighted by Gasteiger charge is 2.21. The van der Waals surface area contributed by atoms with Gasteiger partial charge in [0.05, 0.1) is 7.11 Å². The van der Waals surface area contributed by atoms with Gasteiger partial charge in [-0.25, -0.2) is 0 Å². The minimum Gasteiger partial charge on any atom is -0.496 e. The van der Waals surface area contributed by atoms with Crippen LogP contribution in [0.25, 0.3) is 0 Å². The molecule has 1 aliphatic carbocycles. The fourth-order valence-corrected chi connectivity index (χ4v) is 2.95. The predicted octanol–water partition coefficient (Wildman–Crippen LogP) is 3.68. The zero-order valence-corrected chi connectivity index (χ0v) is 13.3. The van der Waals surface area contributed by atoms with Crippen LogP contribution in [-0.4, -0.2) is 19.7 Å². The summed E-state index contributed by atoms with van der Waals surface area (Å²) in [7, 11) is 1.77. The molecule has 18 heavy (non-hydrogen) atoms. The van der Waals surface area contributed by atoms with Crippen molar-refractivity contribution in [2.75, 3.05) is 13.7 Å². The number of nitrogens with one attached hydrogen (secondary N) is 1. The number of ether oxygens (including phenoxy) is 1. The van der Waals surface area contributed by atoms with Crippen LogP contribution in [0.2, 0.25) is 0 Å². The van der Waals surface area contributed by atoms with Gasteiger partial charge in [0.1, 0.15) is 5.75 Å². The number of halogens is 1. The number of hydrogen-bond acceptors (Lipinski definition) is 2. The number of hydrogen-bond donors (Lipinski definition) is 1. The normalized spacial score (nSPS) is 14.9. The van der Waals surface area contributed by atoms with Gasteiger partial charge in [0, 0.05) is 10.5 Å². The molecule has 0 saturated heterocycles. The van der Waals surface area contributed by atoms with Crippen molar-refractivity contribution in [1.29, 1.82) is 0 Å². The molecule has 1 N–H and O–H groups in total. The zero-order chi connectivity index (χ0) is 13.3. The average molecular weight is 312 g/mol. The summed E-state index contributed by atoms with van der Waals surface area (Å²) in [5, 5.41) is 3.57. The first-order valence-electron chi connectivity index (χ1n) is 6.61. The lowest BCUT2D eigenvalue weighted by atomic mass is 9.97.